The number of piperidine rings is 1. The Morgan fingerprint density at radius 2 is 2.05 bits per heavy atom. The Balaban J connectivity index is 1.65. The van der Waals surface area contributed by atoms with Crippen LogP contribution in [0.25, 0.3) is 0 Å². The van der Waals surface area contributed by atoms with Crippen LogP contribution in [0.4, 0.5) is 0 Å². The van der Waals surface area contributed by atoms with Crippen molar-refractivity contribution >= 4 is 5.78 Å². The fourth-order valence-electron chi connectivity index (χ4n) is 3.14. The summed E-state index contributed by atoms with van der Waals surface area (Å²) in [5.74, 6) is 1.64. The zero-order valence-corrected chi connectivity index (χ0v) is 14.4. The summed E-state index contributed by atoms with van der Waals surface area (Å²) in [5.41, 5.74) is 1.34. The molecule has 0 bridgehead atoms. The van der Waals surface area contributed by atoms with E-state index in [1.54, 1.807) is 6.92 Å². The molecule has 2 rings (SSSR count). The molecule has 0 unspecified atom stereocenters. The zero-order valence-electron chi connectivity index (χ0n) is 14.4. The van der Waals surface area contributed by atoms with Crippen LogP contribution in [0.5, 0.6) is 0 Å². The summed E-state index contributed by atoms with van der Waals surface area (Å²) in [7, 11) is 0. The van der Waals surface area contributed by atoms with Crippen LogP contribution in [0.2, 0.25) is 0 Å². The van der Waals surface area contributed by atoms with Crippen LogP contribution in [-0.4, -0.2) is 40.1 Å². The van der Waals surface area contributed by atoms with Crippen molar-refractivity contribution in [2.45, 2.75) is 65.3 Å². The van der Waals surface area contributed by atoms with E-state index in [2.05, 4.69) is 34.7 Å². The van der Waals surface area contributed by atoms with Crippen LogP contribution in [0.1, 0.15) is 64.4 Å². The number of aromatic nitrogens is 2. The first kappa shape index (κ1) is 17.2. The predicted molar refractivity (Wildman–Crippen MR) is 90.0 cm³/mol. The minimum absolute atomic E-state index is 0.318. The van der Waals surface area contributed by atoms with Gasteiger partial charge in [-0.3, -0.25) is 4.68 Å². The van der Waals surface area contributed by atoms with E-state index in [4.69, 9.17) is 0 Å². The van der Waals surface area contributed by atoms with E-state index in [1.165, 1.54) is 31.5 Å². The topological polar surface area (TPSA) is 38.1 Å². The fraction of sp³-hybridized carbons (Fsp3) is 0.778. The van der Waals surface area contributed by atoms with Gasteiger partial charge in [0.2, 0.25) is 0 Å². The van der Waals surface area contributed by atoms with Crippen molar-refractivity contribution < 1.29 is 4.79 Å². The Bertz CT molecular complexity index is 459. The number of carbonyl (C=O) groups is 1. The van der Waals surface area contributed by atoms with E-state index < -0.39 is 0 Å². The number of rotatable bonds is 8. The average Bonchev–Trinajstić information content (AvgIpc) is 2.94. The molecule has 124 valence electrons. The highest BCUT2D eigenvalue weighted by Crippen LogP contribution is 2.20. The first-order valence-electron chi connectivity index (χ1n) is 8.78. The van der Waals surface area contributed by atoms with Gasteiger partial charge in [-0.25, -0.2) is 0 Å². The minimum Gasteiger partial charge on any atom is -0.303 e. The highest BCUT2D eigenvalue weighted by atomic mass is 16.1. The summed E-state index contributed by atoms with van der Waals surface area (Å²) in [6.07, 6.45) is 9.69. The number of Topliss-reactive ketones (excluding diaryl/α,β-unsaturated/α-hetero) is 1. The molecular weight excluding hydrogens is 274 g/mol. The van der Waals surface area contributed by atoms with Gasteiger partial charge in [0, 0.05) is 19.2 Å². The Hall–Kier alpha value is -1.16. The molecule has 1 aliphatic heterocycles. The summed E-state index contributed by atoms with van der Waals surface area (Å²) in [5, 5.41) is 4.50. The molecule has 0 aromatic carbocycles. The fourth-order valence-corrected chi connectivity index (χ4v) is 3.14. The van der Waals surface area contributed by atoms with Crippen LogP contribution in [0.3, 0.4) is 0 Å². The molecule has 0 aliphatic carbocycles. The van der Waals surface area contributed by atoms with Crippen molar-refractivity contribution in [1.29, 1.82) is 0 Å². The highest BCUT2D eigenvalue weighted by molar-refractivity contribution is 5.75. The third-order valence-electron chi connectivity index (χ3n) is 4.73. The van der Waals surface area contributed by atoms with Crippen LogP contribution < -0.4 is 0 Å². The first-order valence-corrected chi connectivity index (χ1v) is 8.78. The summed E-state index contributed by atoms with van der Waals surface area (Å²) in [4.78, 5) is 13.5. The van der Waals surface area contributed by atoms with Gasteiger partial charge in [-0.2, -0.15) is 5.10 Å². The maximum absolute atomic E-state index is 10.9. The van der Waals surface area contributed by atoms with Crippen molar-refractivity contribution in [2.75, 3.05) is 19.6 Å². The largest absolute Gasteiger partial charge is 0.303 e. The van der Waals surface area contributed by atoms with Gasteiger partial charge < -0.3 is 9.69 Å². The van der Waals surface area contributed by atoms with Crippen molar-refractivity contribution in [1.82, 2.24) is 14.7 Å². The lowest BCUT2D eigenvalue weighted by atomic mass is 9.96. The van der Waals surface area contributed by atoms with E-state index in [0.29, 0.717) is 11.7 Å². The summed E-state index contributed by atoms with van der Waals surface area (Å²) >= 11 is 0. The molecule has 0 saturated carbocycles. The summed E-state index contributed by atoms with van der Waals surface area (Å²) < 4.78 is 2.13. The normalized spacial score (nSPS) is 17.3. The van der Waals surface area contributed by atoms with Crippen molar-refractivity contribution in [2.24, 2.45) is 5.92 Å². The van der Waals surface area contributed by atoms with Crippen molar-refractivity contribution in [3.8, 4) is 0 Å². The number of ketones is 1. The smallest absolute Gasteiger partial charge is 0.129 e. The van der Waals surface area contributed by atoms with Gasteiger partial charge in [0.25, 0.3) is 0 Å². The highest BCUT2D eigenvalue weighted by Gasteiger charge is 2.19. The quantitative estimate of drug-likeness (QED) is 0.690. The third-order valence-corrected chi connectivity index (χ3v) is 4.73. The van der Waals surface area contributed by atoms with E-state index >= 15 is 0 Å². The molecule has 0 atom stereocenters. The lowest BCUT2D eigenvalue weighted by Gasteiger charge is -2.31. The molecule has 4 nitrogen and oxygen atoms in total. The molecule has 0 N–H and O–H groups in total. The van der Waals surface area contributed by atoms with E-state index in [1.807, 2.05) is 6.20 Å². The van der Waals surface area contributed by atoms with Crippen LogP contribution >= 0.6 is 0 Å². The van der Waals surface area contributed by atoms with Gasteiger partial charge >= 0.3 is 0 Å². The molecule has 1 aliphatic rings. The molecule has 22 heavy (non-hydrogen) atoms. The van der Waals surface area contributed by atoms with Gasteiger partial charge in [0.1, 0.15) is 5.78 Å². The van der Waals surface area contributed by atoms with Gasteiger partial charge in [0.15, 0.2) is 0 Å². The number of carbonyl (C=O) groups excluding carboxylic acids is 1. The standard InChI is InChI=1S/C18H31N3O/c1-15(2)18-12-19-21(14-18)13-17-7-10-20(11-8-17)9-5-4-6-16(3)22/h12,14-15,17H,4-11,13H2,1-3H3. The van der Waals surface area contributed by atoms with Gasteiger partial charge in [0.05, 0.1) is 6.20 Å². The monoisotopic (exact) mass is 305 g/mol. The van der Waals surface area contributed by atoms with Gasteiger partial charge in [-0.1, -0.05) is 13.8 Å². The second-order valence-electron chi connectivity index (χ2n) is 7.09. The van der Waals surface area contributed by atoms with Gasteiger partial charge in [-0.05, 0) is 69.6 Å². The molecule has 2 heterocycles. The molecule has 1 saturated heterocycles. The molecule has 4 heteroatoms. The number of hydrogen-bond donors (Lipinski definition) is 0. The van der Waals surface area contributed by atoms with E-state index in [0.717, 1.165) is 38.3 Å². The Morgan fingerprint density at radius 3 is 2.64 bits per heavy atom. The van der Waals surface area contributed by atoms with E-state index in [-0.39, 0.29) is 0 Å². The minimum atomic E-state index is 0.318. The second-order valence-corrected chi connectivity index (χ2v) is 7.09. The van der Waals surface area contributed by atoms with Crippen LogP contribution in [0.15, 0.2) is 12.4 Å². The SMILES string of the molecule is CC(=O)CCCCN1CCC(Cn2cc(C(C)C)cn2)CC1. The molecule has 0 amide bonds. The molecule has 1 fully saturated rings. The Labute approximate surface area is 134 Å². The number of nitrogens with zero attached hydrogens (tertiary/aromatic N) is 3. The third kappa shape index (κ3) is 5.56. The van der Waals surface area contributed by atoms with Crippen LogP contribution in [-0.2, 0) is 11.3 Å². The van der Waals surface area contributed by atoms with Crippen LogP contribution in [0, 0.1) is 5.92 Å². The first-order chi connectivity index (χ1) is 10.5. The molecular formula is C18H31N3O. The summed E-state index contributed by atoms with van der Waals surface area (Å²) in [6.45, 7) is 10.7. The lowest BCUT2D eigenvalue weighted by Crippen LogP contribution is -2.35. The second kappa shape index (κ2) is 8.47. The van der Waals surface area contributed by atoms with Crippen molar-refractivity contribution in [3.05, 3.63) is 18.0 Å². The van der Waals surface area contributed by atoms with Gasteiger partial charge in [-0.15, -0.1) is 0 Å². The lowest BCUT2D eigenvalue weighted by molar-refractivity contribution is -0.117. The average molecular weight is 305 g/mol. The number of unbranched alkanes of at least 4 members (excludes halogenated alkanes) is 1. The summed E-state index contributed by atoms with van der Waals surface area (Å²) in [6, 6.07) is 0. The number of hydrogen-bond acceptors (Lipinski definition) is 3. The molecule has 0 radical (unpaired) electrons. The molecule has 1 aromatic rings. The zero-order chi connectivity index (χ0) is 15.9. The maximum Gasteiger partial charge on any atom is 0.129 e. The Morgan fingerprint density at radius 1 is 1.32 bits per heavy atom. The number of likely N-dealkylation sites (tertiary alicyclic amines) is 1. The molecule has 0 spiro atoms. The maximum atomic E-state index is 10.9. The Kier molecular flexibility index (Phi) is 6.62. The molecule has 1 aromatic heterocycles. The van der Waals surface area contributed by atoms with Crippen molar-refractivity contribution in [3.63, 3.8) is 0 Å². The predicted octanol–water partition coefficient (Wildman–Crippen LogP) is 3.48. The van der Waals surface area contributed by atoms with E-state index in [9.17, 15) is 4.79 Å².